The Morgan fingerprint density at radius 3 is 2.20 bits per heavy atom. The molecule has 1 aliphatic rings. The van der Waals surface area contributed by atoms with Crippen LogP contribution in [0.5, 0.6) is 0 Å². The minimum Gasteiger partial charge on any atom is -0.444 e. The van der Waals surface area contributed by atoms with Crippen LogP contribution in [-0.4, -0.2) is 68.7 Å². The molecular formula is C12H19N5O3. The van der Waals surface area contributed by atoms with Gasteiger partial charge in [-0.2, -0.15) is 4.68 Å². The van der Waals surface area contributed by atoms with Crippen molar-refractivity contribution in [3.8, 4) is 0 Å². The van der Waals surface area contributed by atoms with Crippen LogP contribution in [-0.2, 0) is 4.74 Å². The van der Waals surface area contributed by atoms with E-state index in [1.807, 2.05) is 20.8 Å². The average molecular weight is 281 g/mol. The minimum atomic E-state index is -0.509. The summed E-state index contributed by atoms with van der Waals surface area (Å²) in [5, 5.41) is 7.27. The van der Waals surface area contributed by atoms with Gasteiger partial charge in [0.1, 0.15) is 5.60 Å². The van der Waals surface area contributed by atoms with E-state index in [1.165, 1.54) is 17.1 Å². The molecule has 8 heteroatoms. The van der Waals surface area contributed by atoms with Gasteiger partial charge in [-0.3, -0.25) is 0 Å². The van der Waals surface area contributed by atoms with E-state index in [2.05, 4.69) is 10.3 Å². The number of piperazine rings is 1. The molecule has 0 spiro atoms. The maximum atomic E-state index is 12.0. The molecular weight excluding hydrogens is 262 g/mol. The SMILES string of the molecule is CC(C)(C)OC(=O)N1CCN(C(=O)n2ccnn2)CC1. The monoisotopic (exact) mass is 281 g/mol. The van der Waals surface area contributed by atoms with Gasteiger partial charge < -0.3 is 14.5 Å². The molecule has 8 nitrogen and oxygen atoms in total. The Hall–Kier alpha value is -2.12. The molecule has 2 heterocycles. The summed E-state index contributed by atoms with van der Waals surface area (Å²) >= 11 is 0. The van der Waals surface area contributed by atoms with Crippen LogP contribution in [0.25, 0.3) is 0 Å². The van der Waals surface area contributed by atoms with Crippen LogP contribution in [0, 0.1) is 0 Å². The van der Waals surface area contributed by atoms with Crippen molar-refractivity contribution < 1.29 is 14.3 Å². The van der Waals surface area contributed by atoms with E-state index >= 15 is 0 Å². The maximum absolute atomic E-state index is 12.0. The average Bonchev–Trinajstić information content (AvgIpc) is 2.90. The topological polar surface area (TPSA) is 80.6 Å². The highest BCUT2D eigenvalue weighted by atomic mass is 16.6. The van der Waals surface area contributed by atoms with E-state index in [0.29, 0.717) is 26.2 Å². The van der Waals surface area contributed by atoms with Crippen molar-refractivity contribution in [3.63, 3.8) is 0 Å². The summed E-state index contributed by atoms with van der Waals surface area (Å²) in [6.07, 6.45) is 2.61. The van der Waals surface area contributed by atoms with Crippen LogP contribution in [0.4, 0.5) is 9.59 Å². The van der Waals surface area contributed by atoms with Gasteiger partial charge in [0, 0.05) is 26.2 Å². The second-order valence-electron chi connectivity index (χ2n) is 5.58. The molecule has 1 aromatic rings. The Kier molecular flexibility index (Phi) is 3.91. The predicted molar refractivity (Wildman–Crippen MR) is 70.2 cm³/mol. The van der Waals surface area contributed by atoms with Crippen molar-refractivity contribution >= 4 is 12.1 Å². The zero-order chi connectivity index (χ0) is 14.8. The number of nitrogens with zero attached hydrogens (tertiary/aromatic N) is 5. The number of aromatic nitrogens is 3. The van der Waals surface area contributed by atoms with E-state index in [4.69, 9.17) is 4.74 Å². The number of rotatable bonds is 0. The molecule has 20 heavy (non-hydrogen) atoms. The molecule has 0 saturated carbocycles. The molecule has 1 aromatic heterocycles. The third-order valence-corrected chi connectivity index (χ3v) is 2.82. The van der Waals surface area contributed by atoms with Crippen molar-refractivity contribution in [1.29, 1.82) is 0 Å². The molecule has 0 aromatic carbocycles. The largest absolute Gasteiger partial charge is 0.444 e. The molecule has 2 amide bonds. The molecule has 1 aliphatic heterocycles. The molecule has 110 valence electrons. The van der Waals surface area contributed by atoms with Gasteiger partial charge in [-0.15, -0.1) is 5.10 Å². The van der Waals surface area contributed by atoms with Gasteiger partial charge >= 0.3 is 12.1 Å². The van der Waals surface area contributed by atoms with Crippen LogP contribution in [0.3, 0.4) is 0 Å². The van der Waals surface area contributed by atoms with Crippen LogP contribution in [0.1, 0.15) is 20.8 Å². The number of carbonyl (C=O) groups is 2. The number of carbonyl (C=O) groups excluding carboxylic acids is 2. The summed E-state index contributed by atoms with van der Waals surface area (Å²) in [5.74, 6) is 0. The van der Waals surface area contributed by atoms with Gasteiger partial charge in [-0.05, 0) is 20.8 Å². The summed E-state index contributed by atoms with van der Waals surface area (Å²) in [6, 6.07) is -0.230. The summed E-state index contributed by atoms with van der Waals surface area (Å²) in [6.45, 7) is 7.31. The lowest BCUT2D eigenvalue weighted by Crippen LogP contribution is -2.52. The molecule has 1 fully saturated rings. The summed E-state index contributed by atoms with van der Waals surface area (Å²) in [5.41, 5.74) is -0.509. The first-order chi connectivity index (χ1) is 9.37. The van der Waals surface area contributed by atoms with E-state index in [-0.39, 0.29) is 12.1 Å². The lowest BCUT2D eigenvalue weighted by Gasteiger charge is -2.35. The third-order valence-electron chi connectivity index (χ3n) is 2.82. The van der Waals surface area contributed by atoms with E-state index in [0.717, 1.165) is 0 Å². The zero-order valence-corrected chi connectivity index (χ0v) is 11.9. The molecule has 0 radical (unpaired) electrons. The molecule has 1 saturated heterocycles. The van der Waals surface area contributed by atoms with Crippen molar-refractivity contribution in [1.82, 2.24) is 24.8 Å². The fraction of sp³-hybridized carbons (Fsp3) is 0.667. The van der Waals surface area contributed by atoms with Gasteiger partial charge in [-0.1, -0.05) is 5.21 Å². The number of hydrogen-bond acceptors (Lipinski definition) is 5. The molecule has 0 N–H and O–H groups in total. The normalized spacial score (nSPS) is 16.1. The summed E-state index contributed by atoms with van der Waals surface area (Å²) in [7, 11) is 0. The smallest absolute Gasteiger partial charge is 0.410 e. The van der Waals surface area contributed by atoms with Gasteiger partial charge in [0.25, 0.3) is 0 Å². The Labute approximate surface area is 117 Å². The number of amides is 2. The Balaban J connectivity index is 1.86. The number of hydrogen-bond donors (Lipinski definition) is 0. The van der Waals surface area contributed by atoms with Crippen LogP contribution >= 0.6 is 0 Å². The molecule has 2 rings (SSSR count). The number of ether oxygens (including phenoxy) is 1. The third kappa shape index (κ3) is 3.46. The second kappa shape index (κ2) is 5.48. The molecule has 0 unspecified atom stereocenters. The zero-order valence-electron chi connectivity index (χ0n) is 11.9. The fourth-order valence-corrected chi connectivity index (χ4v) is 1.86. The lowest BCUT2D eigenvalue weighted by atomic mass is 10.2. The molecule has 0 bridgehead atoms. The van der Waals surface area contributed by atoms with Crippen molar-refractivity contribution in [3.05, 3.63) is 12.4 Å². The van der Waals surface area contributed by atoms with E-state index in [9.17, 15) is 9.59 Å². The van der Waals surface area contributed by atoms with E-state index in [1.54, 1.807) is 9.80 Å². The predicted octanol–water partition coefficient (Wildman–Crippen LogP) is 0.799. The molecule has 0 aliphatic carbocycles. The highest BCUT2D eigenvalue weighted by Gasteiger charge is 2.28. The van der Waals surface area contributed by atoms with Crippen LogP contribution < -0.4 is 0 Å². The highest BCUT2D eigenvalue weighted by Crippen LogP contribution is 2.12. The Morgan fingerprint density at radius 1 is 1.10 bits per heavy atom. The summed E-state index contributed by atoms with van der Waals surface area (Å²) < 4.78 is 6.48. The van der Waals surface area contributed by atoms with Crippen molar-refractivity contribution in [2.24, 2.45) is 0 Å². The van der Waals surface area contributed by atoms with Gasteiger partial charge in [-0.25, -0.2) is 9.59 Å². The maximum Gasteiger partial charge on any atom is 0.410 e. The standard InChI is InChI=1S/C12H19N5O3/c1-12(2,3)20-11(19)16-8-6-15(7-9-16)10(18)17-5-4-13-14-17/h4-5H,6-9H2,1-3H3. The van der Waals surface area contributed by atoms with Gasteiger partial charge in [0.2, 0.25) is 0 Å². The Bertz CT molecular complexity index is 472. The minimum absolute atomic E-state index is 0.230. The second-order valence-corrected chi connectivity index (χ2v) is 5.58. The van der Waals surface area contributed by atoms with Crippen LogP contribution in [0.2, 0.25) is 0 Å². The Morgan fingerprint density at radius 2 is 1.70 bits per heavy atom. The first kappa shape index (κ1) is 14.3. The first-order valence-electron chi connectivity index (χ1n) is 6.50. The van der Waals surface area contributed by atoms with E-state index < -0.39 is 5.60 Å². The quantitative estimate of drug-likeness (QED) is 0.702. The molecule has 0 atom stereocenters. The van der Waals surface area contributed by atoms with Gasteiger partial charge in [0.15, 0.2) is 0 Å². The van der Waals surface area contributed by atoms with Gasteiger partial charge in [0.05, 0.1) is 12.4 Å². The van der Waals surface area contributed by atoms with Crippen molar-refractivity contribution in [2.45, 2.75) is 26.4 Å². The summed E-state index contributed by atoms with van der Waals surface area (Å²) in [4.78, 5) is 27.2. The first-order valence-corrected chi connectivity index (χ1v) is 6.50. The highest BCUT2D eigenvalue weighted by molar-refractivity contribution is 5.76. The lowest BCUT2D eigenvalue weighted by molar-refractivity contribution is 0.0169. The van der Waals surface area contributed by atoms with Crippen LogP contribution in [0.15, 0.2) is 12.4 Å². The fourth-order valence-electron chi connectivity index (χ4n) is 1.86. The van der Waals surface area contributed by atoms with Crippen molar-refractivity contribution in [2.75, 3.05) is 26.2 Å².